The predicted octanol–water partition coefficient (Wildman–Crippen LogP) is 2.96. The third-order valence-electron chi connectivity index (χ3n) is 5.61. The minimum atomic E-state index is -0.129. The summed E-state index contributed by atoms with van der Waals surface area (Å²) in [6.07, 6.45) is 4.77. The van der Waals surface area contributed by atoms with Crippen LogP contribution in [0, 0.1) is 5.92 Å². The molecule has 0 aliphatic carbocycles. The van der Waals surface area contributed by atoms with Crippen LogP contribution in [0.5, 0.6) is 0 Å². The summed E-state index contributed by atoms with van der Waals surface area (Å²) in [4.78, 5) is 40.5. The van der Waals surface area contributed by atoms with Crippen molar-refractivity contribution >= 4 is 23.8 Å². The van der Waals surface area contributed by atoms with Crippen molar-refractivity contribution in [3.63, 3.8) is 0 Å². The number of likely N-dealkylation sites (tertiary alicyclic amines) is 1. The molecular formula is C25H29N3O3. The van der Waals surface area contributed by atoms with E-state index in [1.807, 2.05) is 48.5 Å². The van der Waals surface area contributed by atoms with Gasteiger partial charge in [-0.3, -0.25) is 14.4 Å². The van der Waals surface area contributed by atoms with E-state index in [0.717, 1.165) is 11.1 Å². The Morgan fingerprint density at radius 3 is 2.29 bits per heavy atom. The monoisotopic (exact) mass is 419 g/mol. The van der Waals surface area contributed by atoms with Crippen molar-refractivity contribution in [2.75, 3.05) is 27.2 Å². The van der Waals surface area contributed by atoms with E-state index in [4.69, 9.17) is 0 Å². The Balaban J connectivity index is 1.48. The van der Waals surface area contributed by atoms with E-state index in [-0.39, 0.29) is 23.6 Å². The van der Waals surface area contributed by atoms with Gasteiger partial charge >= 0.3 is 0 Å². The summed E-state index contributed by atoms with van der Waals surface area (Å²) < 4.78 is 0. The van der Waals surface area contributed by atoms with Gasteiger partial charge in [0.1, 0.15) is 0 Å². The van der Waals surface area contributed by atoms with Gasteiger partial charge in [-0.25, -0.2) is 0 Å². The quantitative estimate of drug-likeness (QED) is 0.732. The van der Waals surface area contributed by atoms with E-state index >= 15 is 0 Å². The fraction of sp³-hybridized carbons (Fsp3) is 0.320. The number of carbonyl (C=O) groups excluding carboxylic acids is 3. The topological polar surface area (TPSA) is 69.7 Å². The van der Waals surface area contributed by atoms with Gasteiger partial charge in [-0.2, -0.15) is 0 Å². The summed E-state index contributed by atoms with van der Waals surface area (Å²) in [6.45, 7) is 1.66. The number of hydrogen-bond donors (Lipinski definition) is 1. The highest BCUT2D eigenvalue weighted by atomic mass is 16.2. The van der Waals surface area contributed by atoms with Crippen molar-refractivity contribution in [3.05, 3.63) is 77.4 Å². The smallest absolute Gasteiger partial charge is 0.251 e. The number of nitrogens with one attached hydrogen (secondary N) is 1. The molecular weight excluding hydrogens is 390 g/mol. The molecule has 1 aliphatic heterocycles. The van der Waals surface area contributed by atoms with Crippen LogP contribution in [0.4, 0.5) is 0 Å². The second kappa shape index (κ2) is 10.6. The van der Waals surface area contributed by atoms with Crippen molar-refractivity contribution in [1.29, 1.82) is 0 Å². The molecule has 1 fully saturated rings. The molecule has 0 aromatic heterocycles. The number of nitrogens with zero attached hydrogens (tertiary/aromatic N) is 2. The maximum Gasteiger partial charge on any atom is 0.251 e. The molecule has 3 rings (SSSR count). The van der Waals surface area contributed by atoms with Gasteiger partial charge in [0.2, 0.25) is 11.8 Å². The molecule has 31 heavy (non-hydrogen) atoms. The Hall–Kier alpha value is -3.41. The number of hydrogen-bond acceptors (Lipinski definition) is 3. The summed E-state index contributed by atoms with van der Waals surface area (Å²) in [5, 5.41) is 2.59. The number of piperidine rings is 1. The van der Waals surface area contributed by atoms with Crippen LogP contribution in [-0.4, -0.2) is 54.7 Å². The number of rotatable bonds is 6. The molecule has 1 heterocycles. The molecule has 0 radical (unpaired) electrons. The minimum absolute atomic E-state index is 0.0145. The molecule has 2 aromatic carbocycles. The first-order chi connectivity index (χ1) is 15.0. The fourth-order valence-electron chi connectivity index (χ4n) is 3.75. The third kappa shape index (κ3) is 6.04. The van der Waals surface area contributed by atoms with E-state index in [0.29, 0.717) is 38.0 Å². The van der Waals surface area contributed by atoms with Crippen molar-refractivity contribution in [2.45, 2.75) is 19.4 Å². The Bertz CT molecular complexity index is 930. The normalized spacial score (nSPS) is 14.5. The van der Waals surface area contributed by atoms with E-state index in [2.05, 4.69) is 5.32 Å². The van der Waals surface area contributed by atoms with Crippen LogP contribution in [0.2, 0.25) is 0 Å². The maximum atomic E-state index is 12.9. The lowest BCUT2D eigenvalue weighted by molar-refractivity contribution is -0.138. The Kier molecular flexibility index (Phi) is 7.60. The second-order valence-electron chi connectivity index (χ2n) is 7.81. The van der Waals surface area contributed by atoms with Crippen LogP contribution >= 0.6 is 0 Å². The van der Waals surface area contributed by atoms with Crippen LogP contribution < -0.4 is 5.32 Å². The second-order valence-corrected chi connectivity index (χ2v) is 7.81. The van der Waals surface area contributed by atoms with Crippen LogP contribution in [0.25, 0.3) is 6.08 Å². The zero-order valence-corrected chi connectivity index (χ0v) is 18.1. The Labute approximate surface area is 183 Å². The highest BCUT2D eigenvalue weighted by Gasteiger charge is 2.28. The lowest BCUT2D eigenvalue weighted by Crippen LogP contribution is -2.42. The van der Waals surface area contributed by atoms with E-state index in [1.165, 1.54) is 0 Å². The van der Waals surface area contributed by atoms with Gasteiger partial charge in [-0.1, -0.05) is 42.5 Å². The zero-order valence-electron chi connectivity index (χ0n) is 18.1. The molecule has 6 nitrogen and oxygen atoms in total. The van der Waals surface area contributed by atoms with Gasteiger partial charge in [0.25, 0.3) is 5.91 Å². The molecule has 3 amide bonds. The lowest BCUT2D eigenvalue weighted by atomic mass is 9.95. The summed E-state index contributed by atoms with van der Waals surface area (Å²) >= 11 is 0. The van der Waals surface area contributed by atoms with Crippen molar-refractivity contribution in [3.8, 4) is 0 Å². The van der Waals surface area contributed by atoms with Crippen molar-refractivity contribution < 1.29 is 14.4 Å². The number of amides is 3. The van der Waals surface area contributed by atoms with Gasteiger partial charge in [0.05, 0.1) is 0 Å². The minimum Gasteiger partial charge on any atom is -0.355 e. The molecule has 0 saturated carbocycles. The fourth-order valence-corrected chi connectivity index (χ4v) is 3.75. The number of benzene rings is 2. The molecule has 6 heteroatoms. The van der Waals surface area contributed by atoms with Gasteiger partial charge in [-0.15, -0.1) is 0 Å². The molecule has 0 unspecified atom stereocenters. The molecule has 162 valence electrons. The van der Waals surface area contributed by atoms with Crippen molar-refractivity contribution in [2.24, 2.45) is 5.92 Å². The molecule has 0 bridgehead atoms. The molecule has 1 aliphatic rings. The molecule has 0 spiro atoms. The zero-order chi connectivity index (χ0) is 22.2. The number of carbonyl (C=O) groups is 3. The summed E-state index contributed by atoms with van der Waals surface area (Å²) in [6, 6.07) is 17.0. The molecule has 1 N–H and O–H groups in total. The lowest BCUT2D eigenvalue weighted by Gasteiger charge is -2.32. The summed E-state index contributed by atoms with van der Waals surface area (Å²) in [7, 11) is 3.40. The third-order valence-corrected chi connectivity index (χ3v) is 5.61. The SMILES string of the molecule is CNC(=O)c1ccc(CN(C)C(=O)C2CCN(C(=O)/C=C/c3ccccc3)CC2)cc1. The summed E-state index contributed by atoms with van der Waals surface area (Å²) in [5.74, 6) is -0.116. The molecule has 2 aromatic rings. The standard InChI is InChI=1S/C25H29N3O3/c1-26-24(30)21-11-8-20(9-12-21)18-27(2)25(31)22-14-16-28(17-15-22)23(29)13-10-19-6-4-3-5-7-19/h3-13,22H,14-18H2,1-2H3,(H,26,30)/b13-10+. The van der Waals surface area contributed by atoms with Gasteiger partial charge in [0, 0.05) is 51.3 Å². The molecule has 1 saturated heterocycles. The van der Waals surface area contributed by atoms with Gasteiger partial charge < -0.3 is 15.1 Å². The maximum absolute atomic E-state index is 12.9. The Morgan fingerprint density at radius 1 is 1.03 bits per heavy atom. The van der Waals surface area contributed by atoms with Crippen LogP contribution in [0.3, 0.4) is 0 Å². The highest BCUT2D eigenvalue weighted by molar-refractivity contribution is 5.94. The van der Waals surface area contributed by atoms with Crippen LogP contribution in [0.1, 0.15) is 34.3 Å². The summed E-state index contributed by atoms with van der Waals surface area (Å²) in [5.41, 5.74) is 2.56. The van der Waals surface area contributed by atoms with Gasteiger partial charge in [0.15, 0.2) is 0 Å². The van der Waals surface area contributed by atoms with E-state index in [1.54, 1.807) is 42.1 Å². The van der Waals surface area contributed by atoms with Crippen molar-refractivity contribution in [1.82, 2.24) is 15.1 Å². The Morgan fingerprint density at radius 2 is 1.68 bits per heavy atom. The first-order valence-electron chi connectivity index (χ1n) is 10.6. The first kappa shape index (κ1) is 22.3. The highest BCUT2D eigenvalue weighted by Crippen LogP contribution is 2.21. The average Bonchev–Trinajstić information content (AvgIpc) is 2.82. The van der Waals surface area contributed by atoms with E-state index < -0.39 is 0 Å². The molecule has 0 atom stereocenters. The van der Waals surface area contributed by atoms with E-state index in [9.17, 15) is 14.4 Å². The largest absolute Gasteiger partial charge is 0.355 e. The predicted molar refractivity (Wildman–Crippen MR) is 121 cm³/mol. The van der Waals surface area contributed by atoms with Gasteiger partial charge in [-0.05, 0) is 42.2 Å². The van der Waals surface area contributed by atoms with Crippen LogP contribution in [0.15, 0.2) is 60.7 Å². The average molecular weight is 420 g/mol. The van der Waals surface area contributed by atoms with Crippen LogP contribution in [-0.2, 0) is 16.1 Å². The first-order valence-corrected chi connectivity index (χ1v) is 10.6.